The molecule has 0 aliphatic carbocycles. The van der Waals surface area contributed by atoms with Gasteiger partial charge in [0.2, 0.25) is 0 Å². The molecule has 0 amide bonds. The molecular formula is C15H24BrNO. The summed E-state index contributed by atoms with van der Waals surface area (Å²) in [6.45, 7) is 9.16. The maximum atomic E-state index is 5.58. The fourth-order valence-electron chi connectivity index (χ4n) is 1.66. The summed E-state index contributed by atoms with van der Waals surface area (Å²) in [5.74, 6) is 0.721. The zero-order valence-electron chi connectivity index (χ0n) is 11.6. The number of halogens is 1. The highest BCUT2D eigenvalue weighted by Crippen LogP contribution is 2.17. The largest absolute Gasteiger partial charge is 0.380 e. The van der Waals surface area contributed by atoms with Gasteiger partial charge in [0, 0.05) is 23.7 Å². The van der Waals surface area contributed by atoms with Gasteiger partial charge >= 0.3 is 0 Å². The first kappa shape index (κ1) is 15.7. The van der Waals surface area contributed by atoms with Crippen molar-refractivity contribution in [3.63, 3.8) is 0 Å². The highest BCUT2D eigenvalue weighted by molar-refractivity contribution is 9.10. The number of hydrogen-bond acceptors (Lipinski definition) is 2. The molecule has 2 nitrogen and oxygen atoms in total. The first-order valence-electron chi connectivity index (χ1n) is 6.66. The number of rotatable bonds is 8. The van der Waals surface area contributed by atoms with Gasteiger partial charge in [0.25, 0.3) is 0 Å². The molecule has 0 saturated carbocycles. The zero-order chi connectivity index (χ0) is 13.4. The van der Waals surface area contributed by atoms with Crippen LogP contribution in [-0.2, 0) is 4.74 Å². The van der Waals surface area contributed by atoms with E-state index in [1.165, 1.54) is 5.56 Å². The molecule has 0 heterocycles. The fourth-order valence-corrected chi connectivity index (χ4v) is 2.08. The lowest BCUT2D eigenvalue weighted by atomic mass is 10.1. The second-order valence-corrected chi connectivity index (χ2v) is 5.94. The number of benzene rings is 1. The molecule has 0 spiro atoms. The van der Waals surface area contributed by atoms with Crippen LogP contribution >= 0.6 is 15.9 Å². The lowest BCUT2D eigenvalue weighted by molar-refractivity contribution is 0.123. The van der Waals surface area contributed by atoms with Crippen molar-refractivity contribution in [2.75, 3.05) is 19.8 Å². The molecule has 102 valence electrons. The van der Waals surface area contributed by atoms with Crippen LogP contribution in [0.3, 0.4) is 0 Å². The third-order valence-electron chi connectivity index (χ3n) is 2.89. The molecule has 0 aliphatic heterocycles. The van der Waals surface area contributed by atoms with Gasteiger partial charge in [-0.25, -0.2) is 0 Å². The maximum absolute atomic E-state index is 5.58. The monoisotopic (exact) mass is 313 g/mol. The SMILES string of the molecule is CC(C)CCOCCN[C@H](C)c1cccc(Br)c1. The molecule has 0 saturated heterocycles. The minimum Gasteiger partial charge on any atom is -0.380 e. The molecule has 1 atom stereocenters. The van der Waals surface area contributed by atoms with Crippen LogP contribution in [0.1, 0.15) is 38.8 Å². The second kappa shape index (κ2) is 8.68. The van der Waals surface area contributed by atoms with Crippen molar-refractivity contribution in [1.29, 1.82) is 0 Å². The molecule has 0 unspecified atom stereocenters. The Morgan fingerprint density at radius 2 is 2.00 bits per heavy atom. The molecule has 0 fully saturated rings. The quantitative estimate of drug-likeness (QED) is 0.727. The summed E-state index contributed by atoms with van der Waals surface area (Å²) in [6.07, 6.45) is 1.14. The summed E-state index contributed by atoms with van der Waals surface area (Å²) in [6, 6.07) is 8.76. The van der Waals surface area contributed by atoms with E-state index < -0.39 is 0 Å². The van der Waals surface area contributed by atoms with Gasteiger partial charge in [-0.1, -0.05) is 41.9 Å². The van der Waals surface area contributed by atoms with Gasteiger partial charge in [0.15, 0.2) is 0 Å². The summed E-state index contributed by atoms with van der Waals surface area (Å²) in [5.41, 5.74) is 1.30. The molecule has 0 bridgehead atoms. The van der Waals surface area contributed by atoms with E-state index in [-0.39, 0.29) is 0 Å². The zero-order valence-corrected chi connectivity index (χ0v) is 13.2. The number of hydrogen-bond donors (Lipinski definition) is 1. The van der Waals surface area contributed by atoms with Crippen molar-refractivity contribution in [3.05, 3.63) is 34.3 Å². The molecule has 0 aromatic heterocycles. The van der Waals surface area contributed by atoms with Crippen LogP contribution in [0, 0.1) is 5.92 Å². The van der Waals surface area contributed by atoms with Crippen LogP contribution in [-0.4, -0.2) is 19.8 Å². The average molecular weight is 314 g/mol. The summed E-state index contributed by atoms with van der Waals surface area (Å²) < 4.78 is 6.71. The van der Waals surface area contributed by atoms with Crippen LogP contribution < -0.4 is 5.32 Å². The van der Waals surface area contributed by atoms with E-state index in [1.807, 2.05) is 6.07 Å². The fraction of sp³-hybridized carbons (Fsp3) is 0.600. The second-order valence-electron chi connectivity index (χ2n) is 5.03. The highest BCUT2D eigenvalue weighted by atomic mass is 79.9. The van der Waals surface area contributed by atoms with Crippen molar-refractivity contribution in [2.45, 2.75) is 33.2 Å². The first-order valence-corrected chi connectivity index (χ1v) is 7.45. The molecule has 18 heavy (non-hydrogen) atoms. The van der Waals surface area contributed by atoms with E-state index >= 15 is 0 Å². The van der Waals surface area contributed by atoms with E-state index in [4.69, 9.17) is 4.74 Å². The van der Waals surface area contributed by atoms with E-state index in [0.717, 1.165) is 36.6 Å². The van der Waals surface area contributed by atoms with Crippen LogP contribution in [0.25, 0.3) is 0 Å². The Labute approximate surface area is 119 Å². The van der Waals surface area contributed by atoms with Crippen molar-refractivity contribution in [3.8, 4) is 0 Å². The molecule has 1 aromatic rings. The third-order valence-corrected chi connectivity index (χ3v) is 3.38. The molecule has 1 rings (SSSR count). The molecule has 1 aromatic carbocycles. The lowest BCUT2D eigenvalue weighted by Gasteiger charge is -2.15. The van der Waals surface area contributed by atoms with Crippen molar-refractivity contribution in [1.82, 2.24) is 5.32 Å². The van der Waals surface area contributed by atoms with Gasteiger partial charge in [0.1, 0.15) is 0 Å². The third kappa shape index (κ3) is 6.53. The van der Waals surface area contributed by atoms with Gasteiger partial charge in [-0.3, -0.25) is 0 Å². The molecule has 1 N–H and O–H groups in total. The topological polar surface area (TPSA) is 21.3 Å². The predicted octanol–water partition coefficient (Wildman–Crippen LogP) is 4.16. The summed E-state index contributed by atoms with van der Waals surface area (Å²) in [5, 5.41) is 3.47. The van der Waals surface area contributed by atoms with Crippen LogP contribution in [0.15, 0.2) is 28.7 Å². The number of nitrogens with one attached hydrogen (secondary N) is 1. The smallest absolute Gasteiger partial charge is 0.0591 e. The lowest BCUT2D eigenvalue weighted by Crippen LogP contribution is -2.23. The van der Waals surface area contributed by atoms with Crippen LogP contribution in [0.2, 0.25) is 0 Å². The van der Waals surface area contributed by atoms with Crippen molar-refractivity contribution < 1.29 is 4.74 Å². The van der Waals surface area contributed by atoms with E-state index in [1.54, 1.807) is 0 Å². The summed E-state index contributed by atoms with van der Waals surface area (Å²) in [4.78, 5) is 0. The Hall–Kier alpha value is -0.380. The van der Waals surface area contributed by atoms with E-state index in [0.29, 0.717) is 6.04 Å². The Morgan fingerprint density at radius 3 is 2.67 bits per heavy atom. The Morgan fingerprint density at radius 1 is 1.22 bits per heavy atom. The molecular weight excluding hydrogens is 290 g/mol. The molecule has 3 heteroatoms. The molecule has 0 aliphatic rings. The maximum Gasteiger partial charge on any atom is 0.0591 e. The van der Waals surface area contributed by atoms with Crippen molar-refractivity contribution >= 4 is 15.9 Å². The standard InChI is InChI=1S/C15H24BrNO/c1-12(2)7-9-18-10-8-17-13(3)14-5-4-6-15(16)11-14/h4-6,11-13,17H,7-10H2,1-3H3/t13-/m1/s1. The average Bonchev–Trinajstić information content (AvgIpc) is 2.33. The number of ether oxygens (including phenoxy) is 1. The first-order chi connectivity index (χ1) is 8.59. The summed E-state index contributed by atoms with van der Waals surface area (Å²) in [7, 11) is 0. The minimum atomic E-state index is 0.358. The summed E-state index contributed by atoms with van der Waals surface area (Å²) >= 11 is 3.49. The predicted molar refractivity (Wildman–Crippen MR) is 80.8 cm³/mol. The van der Waals surface area contributed by atoms with Gasteiger partial charge in [-0.15, -0.1) is 0 Å². The molecule has 0 radical (unpaired) electrons. The van der Waals surface area contributed by atoms with Crippen molar-refractivity contribution in [2.24, 2.45) is 5.92 Å². The van der Waals surface area contributed by atoms with Gasteiger partial charge < -0.3 is 10.1 Å². The van der Waals surface area contributed by atoms with Gasteiger partial charge in [0.05, 0.1) is 6.61 Å². The van der Waals surface area contributed by atoms with E-state index in [9.17, 15) is 0 Å². The van der Waals surface area contributed by atoms with Gasteiger partial charge in [-0.05, 0) is 37.0 Å². The van der Waals surface area contributed by atoms with Crippen LogP contribution in [0.5, 0.6) is 0 Å². The van der Waals surface area contributed by atoms with Gasteiger partial charge in [-0.2, -0.15) is 0 Å². The van der Waals surface area contributed by atoms with Crippen LogP contribution in [0.4, 0.5) is 0 Å². The normalized spacial score (nSPS) is 12.9. The highest BCUT2D eigenvalue weighted by Gasteiger charge is 2.04. The Balaban J connectivity index is 2.15. The Bertz CT molecular complexity index is 341. The Kier molecular flexibility index (Phi) is 7.56. The van der Waals surface area contributed by atoms with E-state index in [2.05, 4.69) is 60.2 Å². The minimum absolute atomic E-state index is 0.358.